The number of carbonyl (C=O) groups is 1. The smallest absolute Gasteiger partial charge is 0.220 e. The molecule has 4 rings (SSSR count). The van der Waals surface area contributed by atoms with Crippen LogP contribution in [0.3, 0.4) is 0 Å². The summed E-state index contributed by atoms with van der Waals surface area (Å²) in [7, 11) is 0. The van der Waals surface area contributed by atoms with Crippen LogP contribution in [0.5, 0.6) is 0 Å². The van der Waals surface area contributed by atoms with Crippen LogP contribution < -0.4 is 5.32 Å². The SMILES string of the molecule is O=C(CCc1nc2cccnc2n1Cc1ccccc1)NCc1ccccc1. The number of pyridine rings is 1. The number of hydrogen-bond donors (Lipinski definition) is 1. The number of benzene rings is 2. The molecular formula is C23H22N4O. The number of imidazole rings is 1. The van der Waals surface area contributed by atoms with E-state index in [0.717, 1.165) is 22.6 Å². The quantitative estimate of drug-likeness (QED) is 0.539. The minimum atomic E-state index is 0.0233. The number of rotatable bonds is 7. The van der Waals surface area contributed by atoms with Crippen LogP contribution in [0.4, 0.5) is 0 Å². The van der Waals surface area contributed by atoms with Crippen LogP contribution in [0, 0.1) is 0 Å². The van der Waals surface area contributed by atoms with Crippen molar-refractivity contribution in [3.63, 3.8) is 0 Å². The average Bonchev–Trinajstić information content (AvgIpc) is 3.10. The van der Waals surface area contributed by atoms with E-state index in [1.165, 1.54) is 5.56 Å². The number of aryl methyl sites for hydroxylation is 1. The van der Waals surface area contributed by atoms with Gasteiger partial charge in [0.2, 0.25) is 5.91 Å². The summed E-state index contributed by atoms with van der Waals surface area (Å²) >= 11 is 0. The summed E-state index contributed by atoms with van der Waals surface area (Å²) in [6, 6.07) is 24.0. The zero-order valence-electron chi connectivity index (χ0n) is 15.6. The van der Waals surface area contributed by atoms with Crippen molar-refractivity contribution in [1.29, 1.82) is 0 Å². The fourth-order valence-electron chi connectivity index (χ4n) is 3.24. The van der Waals surface area contributed by atoms with Crippen LogP contribution in [0.25, 0.3) is 11.2 Å². The average molecular weight is 370 g/mol. The largest absolute Gasteiger partial charge is 0.352 e. The van der Waals surface area contributed by atoms with Gasteiger partial charge in [0.15, 0.2) is 5.65 Å². The number of aromatic nitrogens is 3. The molecule has 0 spiro atoms. The molecule has 5 nitrogen and oxygen atoms in total. The van der Waals surface area contributed by atoms with Crippen molar-refractivity contribution in [3.05, 3.63) is 95.9 Å². The van der Waals surface area contributed by atoms with Crippen LogP contribution in [0.15, 0.2) is 79.0 Å². The number of nitrogens with zero attached hydrogens (tertiary/aromatic N) is 3. The van der Waals surface area contributed by atoms with Crippen molar-refractivity contribution in [2.24, 2.45) is 0 Å². The molecule has 0 atom stereocenters. The third-order valence-corrected chi connectivity index (χ3v) is 4.67. The molecule has 1 amide bonds. The molecule has 0 aliphatic heterocycles. The number of hydrogen-bond acceptors (Lipinski definition) is 3. The Morgan fingerprint density at radius 1 is 0.893 bits per heavy atom. The van der Waals surface area contributed by atoms with E-state index >= 15 is 0 Å². The highest BCUT2D eigenvalue weighted by atomic mass is 16.1. The Balaban J connectivity index is 1.47. The lowest BCUT2D eigenvalue weighted by Gasteiger charge is -2.09. The van der Waals surface area contributed by atoms with Gasteiger partial charge in [0.05, 0.1) is 6.54 Å². The molecule has 0 bridgehead atoms. The summed E-state index contributed by atoms with van der Waals surface area (Å²) in [5.41, 5.74) is 3.99. The molecule has 0 radical (unpaired) electrons. The highest BCUT2D eigenvalue weighted by Gasteiger charge is 2.13. The van der Waals surface area contributed by atoms with Gasteiger partial charge in [-0.3, -0.25) is 4.79 Å². The molecule has 0 unspecified atom stereocenters. The minimum absolute atomic E-state index is 0.0233. The Morgan fingerprint density at radius 2 is 1.61 bits per heavy atom. The van der Waals surface area contributed by atoms with Crippen molar-refractivity contribution in [1.82, 2.24) is 19.9 Å². The maximum Gasteiger partial charge on any atom is 0.220 e. The lowest BCUT2D eigenvalue weighted by Crippen LogP contribution is -2.23. The molecule has 2 heterocycles. The molecule has 2 aromatic heterocycles. The fourth-order valence-corrected chi connectivity index (χ4v) is 3.24. The van der Waals surface area contributed by atoms with Crippen molar-refractivity contribution in [3.8, 4) is 0 Å². The summed E-state index contributed by atoms with van der Waals surface area (Å²) in [5.74, 6) is 0.905. The number of fused-ring (bicyclic) bond motifs is 1. The lowest BCUT2D eigenvalue weighted by atomic mass is 10.2. The summed E-state index contributed by atoms with van der Waals surface area (Å²) in [6.45, 7) is 1.23. The van der Waals surface area contributed by atoms with Crippen LogP contribution >= 0.6 is 0 Å². The first kappa shape index (κ1) is 17.9. The van der Waals surface area contributed by atoms with Crippen molar-refractivity contribution < 1.29 is 4.79 Å². The number of nitrogens with one attached hydrogen (secondary N) is 1. The first-order valence-electron chi connectivity index (χ1n) is 9.44. The highest BCUT2D eigenvalue weighted by molar-refractivity contribution is 5.76. The van der Waals surface area contributed by atoms with Gasteiger partial charge < -0.3 is 9.88 Å². The Morgan fingerprint density at radius 3 is 2.36 bits per heavy atom. The van der Waals surface area contributed by atoms with E-state index < -0.39 is 0 Å². The second kappa shape index (κ2) is 8.48. The molecule has 0 aliphatic rings. The third kappa shape index (κ3) is 4.26. The Labute approximate surface area is 164 Å². The van der Waals surface area contributed by atoms with E-state index in [2.05, 4.69) is 27.0 Å². The first-order chi connectivity index (χ1) is 13.8. The zero-order valence-corrected chi connectivity index (χ0v) is 15.6. The molecular weight excluding hydrogens is 348 g/mol. The Bertz CT molecular complexity index is 1060. The van der Waals surface area contributed by atoms with E-state index in [4.69, 9.17) is 4.98 Å². The fraction of sp³-hybridized carbons (Fsp3) is 0.174. The van der Waals surface area contributed by atoms with E-state index in [0.29, 0.717) is 25.9 Å². The van der Waals surface area contributed by atoms with Gasteiger partial charge in [-0.2, -0.15) is 0 Å². The van der Waals surface area contributed by atoms with Crippen molar-refractivity contribution in [2.75, 3.05) is 0 Å². The monoisotopic (exact) mass is 370 g/mol. The van der Waals surface area contributed by atoms with Gasteiger partial charge in [-0.15, -0.1) is 0 Å². The topological polar surface area (TPSA) is 59.8 Å². The van der Waals surface area contributed by atoms with E-state index in [1.807, 2.05) is 60.7 Å². The van der Waals surface area contributed by atoms with Gasteiger partial charge in [0.25, 0.3) is 0 Å². The highest BCUT2D eigenvalue weighted by Crippen LogP contribution is 2.17. The number of carbonyl (C=O) groups excluding carboxylic acids is 1. The van der Waals surface area contributed by atoms with Crippen LogP contribution in [-0.4, -0.2) is 20.4 Å². The third-order valence-electron chi connectivity index (χ3n) is 4.67. The first-order valence-corrected chi connectivity index (χ1v) is 9.44. The van der Waals surface area contributed by atoms with Gasteiger partial charge in [-0.25, -0.2) is 9.97 Å². The summed E-state index contributed by atoms with van der Waals surface area (Å²) in [4.78, 5) is 21.5. The van der Waals surface area contributed by atoms with E-state index in [1.54, 1.807) is 6.20 Å². The summed E-state index contributed by atoms with van der Waals surface area (Å²) in [5, 5.41) is 2.98. The second-order valence-electron chi connectivity index (χ2n) is 6.71. The van der Waals surface area contributed by atoms with Crippen molar-refractivity contribution >= 4 is 17.1 Å². The molecule has 140 valence electrons. The van der Waals surface area contributed by atoms with Gasteiger partial charge >= 0.3 is 0 Å². The van der Waals surface area contributed by atoms with Gasteiger partial charge in [-0.05, 0) is 23.3 Å². The molecule has 0 saturated heterocycles. The van der Waals surface area contributed by atoms with Crippen molar-refractivity contribution in [2.45, 2.75) is 25.9 Å². The zero-order chi connectivity index (χ0) is 19.2. The van der Waals surface area contributed by atoms with Crippen LogP contribution in [-0.2, 0) is 24.3 Å². The maximum absolute atomic E-state index is 12.3. The molecule has 5 heteroatoms. The molecule has 28 heavy (non-hydrogen) atoms. The molecule has 4 aromatic rings. The predicted octanol–water partition coefficient (Wildman–Crippen LogP) is 3.73. The molecule has 1 N–H and O–H groups in total. The van der Waals surface area contributed by atoms with Gasteiger partial charge in [0.1, 0.15) is 11.3 Å². The normalized spacial score (nSPS) is 10.9. The second-order valence-corrected chi connectivity index (χ2v) is 6.71. The molecule has 0 fully saturated rings. The molecule has 2 aromatic carbocycles. The van der Waals surface area contributed by atoms with E-state index in [-0.39, 0.29) is 5.91 Å². The standard InChI is InChI=1S/C23H22N4O/c28-22(25-16-18-8-3-1-4-9-18)14-13-21-26-20-12-7-15-24-23(20)27(21)17-19-10-5-2-6-11-19/h1-12,15H,13-14,16-17H2,(H,25,28). The summed E-state index contributed by atoms with van der Waals surface area (Å²) in [6.07, 6.45) is 2.75. The minimum Gasteiger partial charge on any atom is -0.352 e. The maximum atomic E-state index is 12.3. The summed E-state index contributed by atoms with van der Waals surface area (Å²) < 4.78 is 2.11. The van der Waals surface area contributed by atoms with Gasteiger partial charge in [-0.1, -0.05) is 60.7 Å². The van der Waals surface area contributed by atoms with Crippen LogP contribution in [0.1, 0.15) is 23.4 Å². The number of amides is 1. The Hall–Kier alpha value is -3.47. The lowest BCUT2D eigenvalue weighted by molar-refractivity contribution is -0.121. The van der Waals surface area contributed by atoms with Gasteiger partial charge in [0, 0.05) is 25.6 Å². The Kier molecular flexibility index (Phi) is 5.43. The molecule has 0 saturated carbocycles. The van der Waals surface area contributed by atoms with Crippen LogP contribution in [0.2, 0.25) is 0 Å². The van der Waals surface area contributed by atoms with E-state index in [9.17, 15) is 4.79 Å². The molecule has 0 aliphatic carbocycles. The predicted molar refractivity (Wildman–Crippen MR) is 110 cm³/mol.